The summed E-state index contributed by atoms with van der Waals surface area (Å²) in [7, 11) is 0. The van der Waals surface area contributed by atoms with Gasteiger partial charge in [0.15, 0.2) is 6.10 Å². The van der Waals surface area contributed by atoms with Crippen LogP contribution < -0.4 is 21.2 Å². The van der Waals surface area contributed by atoms with Crippen LogP contribution in [0.2, 0.25) is 0 Å². The number of aromatic amines is 1. The summed E-state index contributed by atoms with van der Waals surface area (Å²) in [6.45, 7) is 3.28. The molecule has 0 spiro atoms. The van der Waals surface area contributed by atoms with E-state index in [0.29, 0.717) is 18.0 Å². The third-order valence-electron chi connectivity index (χ3n) is 4.28. The van der Waals surface area contributed by atoms with Gasteiger partial charge in [0.25, 0.3) is 17.0 Å². The van der Waals surface area contributed by atoms with E-state index in [2.05, 4.69) is 10.4 Å². The summed E-state index contributed by atoms with van der Waals surface area (Å²) in [6, 6.07) is 13.0. The summed E-state index contributed by atoms with van der Waals surface area (Å²) in [5, 5.41) is 5.39. The molecule has 9 heteroatoms. The number of hydrogen-bond donors (Lipinski definition) is 2. The fraction of sp³-hybridized carbons (Fsp3) is 0.238. The summed E-state index contributed by atoms with van der Waals surface area (Å²) >= 11 is 0. The SMILES string of the molecule is CCOc1ccc(NC(=O)[C@H](C)OC(=O)Cn2[nH]c(=O)c3ccccc3c2=O)cc1. The molecule has 3 rings (SSSR count). The predicted octanol–water partition coefficient (Wildman–Crippen LogP) is 1.66. The molecule has 0 saturated carbocycles. The third kappa shape index (κ3) is 4.75. The number of H-pyrrole nitrogens is 1. The molecule has 156 valence electrons. The van der Waals surface area contributed by atoms with Gasteiger partial charge >= 0.3 is 5.97 Å². The average molecular weight is 411 g/mol. The number of nitrogens with one attached hydrogen (secondary N) is 2. The Morgan fingerprint density at radius 2 is 1.73 bits per heavy atom. The maximum absolute atomic E-state index is 12.4. The molecule has 0 saturated heterocycles. The Morgan fingerprint density at radius 1 is 1.07 bits per heavy atom. The van der Waals surface area contributed by atoms with E-state index < -0.39 is 35.6 Å². The van der Waals surface area contributed by atoms with Crippen molar-refractivity contribution in [2.45, 2.75) is 26.5 Å². The van der Waals surface area contributed by atoms with Gasteiger partial charge in [0.2, 0.25) is 0 Å². The summed E-state index contributed by atoms with van der Waals surface area (Å²) in [5.41, 5.74) is -0.519. The Bertz CT molecular complexity index is 1180. The van der Waals surface area contributed by atoms with E-state index in [1.165, 1.54) is 19.1 Å². The molecule has 1 aromatic heterocycles. The normalized spacial score (nSPS) is 11.7. The molecule has 0 unspecified atom stereocenters. The second-order valence-electron chi connectivity index (χ2n) is 6.46. The Hall–Kier alpha value is -3.88. The number of nitrogens with zero attached hydrogens (tertiary/aromatic N) is 1. The van der Waals surface area contributed by atoms with Gasteiger partial charge < -0.3 is 14.8 Å². The average Bonchev–Trinajstić information content (AvgIpc) is 2.73. The number of carbonyl (C=O) groups excluding carboxylic acids is 2. The highest BCUT2D eigenvalue weighted by molar-refractivity contribution is 5.95. The van der Waals surface area contributed by atoms with Gasteiger partial charge in [-0.05, 0) is 50.2 Å². The summed E-state index contributed by atoms with van der Waals surface area (Å²) < 4.78 is 11.3. The van der Waals surface area contributed by atoms with E-state index >= 15 is 0 Å². The number of hydrogen-bond acceptors (Lipinski definition) is 6. The van der Waals surface area contributed by atoms with Crippen molar-refractivity contribution in [1.82, 2.24) is 9.78 Å². The standard InChI is InChI=1S/C21H21N3O6/c1-3-29-15-10-8-14(9-11-15)22-19(26)13(2)30-18(25)12-24-21(28)17-7-5-4-6-16(17)20(27)23-24/h4-11,13H,3,12H2,1-2H3,(H,22,26)(H,23,27)/t13-/m0/s1. The zero-order valence-corrected chi connectivity index (χ0v) is 16.5. The Kier molecular flexibility index (Phi) is 6.31. The molecular weight excluding hydrogens is 390 g/mol. The molecule has 0 radical (unpaired) electrons. The van der Waals surface area contributed by atoms with Crippen LogP contribution in [0.5, 0.6) is 5.75 Å². The number of ether oxygens (including phenoxy) is 2. The van der Waals surface area contributed by atoms with Crippen molar-refractivity contribution < 1.29 is 19.1 Å². The first-order valence-corrected chi connectivity index (χ1v) is 9.34. The van der Waals surface area contributed by atoms with Gasteiger partial charge in [-0.2, -0.15) is 0 Å². The number of carbonyl (C=O) groups is 2. The van der Waals surface area contributed by atoms with E-state index in [1.807, 2.05) is 6.92 Å². The summed E-state index contributed by atoms with van der Waals surface area (Å²) in [6.07, 6.45) is -1.10. The lowest BCUT2D eigenvalue weighted by molar-refractivity contribution is -0.154. The Morgan fingerprint density at radius 3 is 2.40 bits per heavy atom. The van der Waals surface area contributed by atoms with Gasteiger partial charge in [-0.1, -0.05) is 12.1 Å². The van der Waals surface area contributed by atoms with Crippen LogP contribution in [-0.2, 0) is 20.9 Å². The topological polar surface area (TPSA) is 119 Å². The first kappa shape index (κ1) is 20.8. The minimum Gasteiger partial charge on any atom is -0.494 e. The Labute approximate surface area is 171 Å². The van der Waals surface area contributed by atoms with Crippen molar-refractivity contribution in [1.29, 1.82) is 0 Å². The van der Waals surface area contributed by atoms with Gasteiger partial charge in [0, 0.05) is 5.69 Å². The van der Waals surface area contributed by atoms with E-state index in [1.54, 1.807) is 36.4 Å². The van der Waals surface area contributed by atoms with Crippen molar-refractivity contribution in [3.05, 3.63) is 69.2 Å². The first-order valence-electron chi connectivity index (χ1n) is 9.34. The molecular formula is C21H21N3O6. The molecule has 0 aliphatic rings. The molecule has 2 aromatic carbocycles. The quantitative estimate of drug-likeness (QED) is 0.571. The lowest BCUT2D eigenvalue weighted by Crippen LogP contribution is -2.35. The molecule has 1 amide bonds. The van der Waals surface area contributed by atoms with Crippen LogP contribution in [-0.4, -0.2) is 34.4 Å². The maximum Gasteiger partial charge on any atom is 0.328 e. The van der Waals surface area contributed by atoms with E-state index in [0.717, 1.165) is 4.68 Å². The summed E-state index contributed by atoms with van der Waals surface area (Å²) in [4.78, 5) is 49.0. The minimum absolute atomic E-state index is 0.190. The fourth-order valence-electron chi connectivity index (χ4n) is 2.82. The van der Waals surface area contributed by atoms with Gasteiger partial charge in [-0.25, -0.2) is 4.68 Å². The van der Waals surface area contributed by atoms with Crippen LogP contribution in [0, 0.1) is 0 Å². The van der Waals surface area contributed by atoms with Crippen molar-refractivity contribution in [2.75, 3.05) is 11.9 Å². The number of amides is 1. The van der Waals surface area contributed by atoms with Crippen LogP contribution >= 0.6 is 0 Å². The van der Waals surface area contributed by atoms with Crippen molar-refractivity contribution in [3.63, 3.8) is 0 Å². The van der Waals surface area contributed by atoms with E-state index in [-0.39, 0.29) is 10.8 Å². The predicted molar refractivity (Wildman–Crippen MR) is 111 cm³/mol. The van der Waals surface area contributed by atoms with Crippen LogP contribution in [0.1, 0.15) is 13.8 Å². The molecule has 0 aliphatic heterocycles. The monoisotopic (exact) mass is 411 g/mol. The van der Waals surface area contributed by atoms with Crippen molar-refractivity contribution in [2.24, 2.45) is 0 Å². The first-order chi connectivity index (χ1) is 14.4. The van der Waals surface area contributed by atoms with Crippen LogP contribution in [0.3, 0.4) is 0 Å². The second kappa shape index (κ2) is 9.08. The molecule has 30 heavy (non-hydrogen) atoms. The van der Waals surface area contributed by atoms with Crippen LogP contribution in [0.4, 0.5) is 5.69 Å². The summed E-state index contributed by atoms with van der Waals surface area (Å²) in [5.74, 6) is -0.700. The number of rotatable bonds is 7. The molecule has 0 bridgehead atoms. The molecule has 2 N–H and O–H groups in total. The largest absolute Gasteiger partial charge is 0.494 e. The number of esters is 1. The zero-order valence-electron chi connectivity index (χ0n) is 16.5. The van der Waals surface area contributed by atoms with Crippen LogP contribution in [0.15, 0.2) is 58.1 Å². The van der Waals surface area contributed by atoms with Gasteiger partial charge in [-0.3, -0.25) is 24.3 Å². The molecule has 3 aromatic rings. The highest BCUT2D eigenvalue weighted by atomic mass is 16.5. The van der Waals surface area contributed by atoms with Crippen molar-refractivity contribution >= 4 is 28.3 Å². The minimum atomic E-state index is -1.10. The molecule has 1 heterocycles. The van der Waals surface area contributed by atoms with Gasteiger partial charge in [-0.15, -0.1) is 0 Å². The molecule has 0 fully saturated rings. The van der Waals surface area contributed by atoms with Gasteiger partial charge in [0.1, 0.15) is 12.3 Å². The van der Waals surface area contributed by atoms with Crippen LogP contribution in [0.25, 0.3) is 10.8 Å². The highest BCUT2D eigenvalue weighted by Gasteiger charge is 2.19. The molecule has 1 atom stereocenters. The fourth-order valence-corrected chi connectivity index (χ4v) is 2.82. The van der Waals surface area contributed by atoms with E-state index in [4.69, 9.17) is 9.47 Å². The lowest BCUT2D eigenvalue weighted by atomic mass is 10.2. The Balaban J connectivity index is 1.63. The smallest absolute Gasteiger partial charge is 0.328 e. The highest BCUT2D eigenvalue weighted by Crippen LogP contribution is 2.16. The molecule has 9 nitrogen and oxygen atoms in total. The number of benzene rings is 2. The third-order valence-corrected chi connectivity index (χ3v) is 4.28. The van der Waals surface area contributed by atoms with Gasteiger partial charge in [0.05, 0.1) is 17.4 Å². The second-order valence-corrected chi connectivity index (χ2v) is 6.46. The maximum atomic E-state index is 12.4. The zero-order chi connectivity index (χ0) is 21.7. The molecule has 0 aliphatic carbocycles. The number of aromatic nitrogens is 2. The number of anilines is 1. The van der Waals surface area contributed by atoms with Crippen molar-refractivity contribution in [3.8, 4) is 5.75 Å². The van der Waals surface area contributed by atoms with E-state index in [9.17, 15) is 19.2 Å². The lowest BCUT2D eigenvalue weighted by Gasteiger charge is -2.14. The number of fused-ring (bicyclic) bond motifs is 1.